The predicted molar refractivity (Wildman–Crippen MR) is 219 cm³/mol. The molecule has 3 aromatic carbocycles. The van der Waals surface area contributed by atoms with Crippen molar-refractivity contribution in [1.29, 1.82) is 0 Å². The van der Waals surface area contributed by atoms with Gasteiger partial charge in [0.1, 0.15) is 17.9 Å². The molecular weight excluding hydrogens is 699 g/mol. The zero-order chi connectivity index (χ0) is 38.8. The minimum absolute atomic E-state index is 0.0197. The first kappa shape index (κ1) is 37.2. The van der Waals surface area contributed by atoms with Crippen molar-refractivity contribution < 1.29 is 9.59 Å². The van der Waals surface area contributed by atoms with Gasteiger partial charge in [-0.15, -0.1) is 0 Å². The van der Waals surface area contributed by atoms with Crippen LogP contribution >= 0.6 is 0 Å². The maximum Gasteiger partial charge on any atom is 0.245 e. The molecule has 2 aromatic heterocycles. The summed E-state index contributed by atoms with van der Waals surface area (Å²) >= 11 is 0. The average Bonchev–Trinajstić information content (AvgIpc) is 4.06. The highest BCUT2D eigenvalue weighted by Crippen LogP contribution is 2.36. The third-order valence-corrected chi connectivity index (χ3v) is 11.3. The number of rotatable bonds is 11. The Kier molecular flexibility index (Phi) is 10.7. The summed E-state index contributed by atoms with van der Waals surface area (Å²) in [5.41, 5.74) is 8.45. The lowest BCUT2D eigenvalue weighted by Crippen LogP contribution is -2.45. The number of likely N-dealkylation sites (tertiary alicyclic amines) is 2. The van der Waals surface area contributed by atoms with Gasteiger partial charge in [0, 0.05) is 42.6 Å². The SMILES string of the molecule is CN(C)[C@@H](C(=O)N1CCC[C@H]1C1=NC=C(c2cnc(-c3ccc(-c4cnc([C@@H]5CCCN5C(=O)[C@@H](c5ccccc5)N(C)C)[nH]4)cc3)cn2)C1)c1ccccc1. The highest BCUT2D eigenvalue weighted by molar-refractivity contribution is 6.03. The first-order valence-corrected chi connectivity index (χ1v) is 19.5. The number of benzene rings is 3. The number of aromatic nitrogens is 4. The fraction of sp³-hybridized carbons (Fsp3) is 0.333. The summed E-state index contributed by atoms with van der Waals surface area (Å²) in [6.45, 7) is 1.44. The molecule has 2 fully saturated rings. The van der Waals surface area contributed by atoms with E-state index in [0.29, 0.717) is 13.0 Å². The Morgan fingerprint density at radius 1 is 0.661 bits per heavy atom. The van der Waals surface area contributed by atoms with E-state index in [0.717, 1.165) is 88.7 Å². The molecule has 4 atom stereocenters. The van der Waals surface area contributed by atoms with Gasteiger partial charge in [0.2, 0.25) is 11.8 Å². The molecule has 0 aliphatic carbocycles. The number of nitrogens with zero attached hydrogens (tertiary/aromatic N) is 8. The van der Waals surface area contributed by atoms with Gasteiger partial charge in [-0.3, -0.25) is 34.3 Å². The lowest BCUT2D eigenvalue weighted by Gasteiger charge is -2.32. The Hall–Kier alpha value is -5.78. The van der Waals surface area contributed by atoms with E-state index in [1.807, 2.05) is 145 Å². The van der Waals surface area contributed by atoms with Crippen molar-refractivity contribution in [3.8, 4) is 22.5 Å². The number of imidazole rings is 1. The summed E-state index contributed by atoms with van der Waals surface area (Å²) in [5.74, 6) is 1.03. The summed E-state index contributed by atoms with van der Waals surface area (Å²) in [5, 5.41) is 0. The fourth-order valence-electron chi connectivity index (χ4n) is 8.52. The van der Waals surface area contributed by atoms with Crippen LogP contribution in [0.3, 0.4) is 0 Å². The van der Waals surface area contributed by atoms with Crippen molar-refractivity contribution >= 4 is 23.1 Å². The second-order valence-electron chi connectivity index (χ2n) is 15.4. The fourth-order valence-corrected chi connectivity index (χ4v) is 8.52. The number of allylic oxidation sites excluding steroid dienone is 1. The highest BCUT2D eigenvalue weighted by atomic mass is 16.2. The number of H-pyrrole nitrogens is 1. The molecule has 11 nitrogen and oxygen atoms in total. The van der Waals surface area contributed by atoms with Crippen molar-refractivity contribution in [1.82, 2.24) is 39.5 Å². The number of nitrogens with one attached hydrogen (secondary N) is 1. The van der Waals surface area contributed by atoms with E-state index >= 15 is 0 Å². The maximum absolute atomic E-state index is 13.9. The van der Waals surface area contributed by atoms with E-state index in [9.17, 15) is 9.59 Å². The standard InChI is InChI=1S/C45H49N9O2/c1-51(2)41(32-13-7-5-8-14-32)44(55)53-23-11-17-39(53)35-25-34(26-46-35)37-28-47-36(27-48-37)30-19-21-31(22-20-30)38-29-49-43(50-38)40-18-12-24-54(40)45(56)42(52(3)4)33-15-9-6-10-16-33/h5-10,13-16,19-22,26-29,39-42H,11-12,17-18,23-25H2,1-4H3,(H,49,50)/t39-,40-,41+,42+/m0/s1. The minimum atomic E-state index is -0.349. The molecule has 1 N–H and O–H groups in total. The minimum Gasteiger partial charge on any atom is -0.340 e. The summed E-state index contributed by atoms with van der Waals surface area (Å²) in [7, 11) is 7.83. The van der Waals surface area contributed by atoms with Gasteiger partial charge in [0.15, 0.2) is 0 Å². The topological polar surface area (TPSA) is 114 Å². The van der Waals surface area contributed by atoms with E-state index in [2.05, 4.69) is 17.1 Å². The lowest BCUT2D eigenvalue weighted by molar-refractivity contribution is -0.137. The molecule has 0 radical (unpaired) electrons. The number of aliphatic imine (C=N–C) groups is 1. The lowest BCUT2D eigenvalue weighted by atomic mass is 10.00. The zero-order valence-electron chi connectivity index (χ0n) is 32.5. The van der Waals surface area contributed by atoms with Crippen LogP contribution < -0.4 is 0 Å². The summed E-state index contributed by atoms with van der Waals surface area (Å²) in [4.78, 5) is 58.5. The number of carbonyl (C=O) groups excluding carboxylic acids is 2. The number of carbonyl (C=O) groups is 2. The Morgan fingerprint density at radius 3 is 1.77 bits per heavy atom. The van der Waals surface area contributed by atoms with Gasteiger partial charge >= 0.3 is 0 Å². The first-order chi connectivity index (χ1) is 27.3. The van der Waals surface area contributed by atoms with Crippen molar-refractivity contribution in [2.24, 2.45) is 4.99 Å². The third kappa shape index (κ3) is 7.44. The molecule has 56 heavy (non-hydrogen) atoms. The summed E-state index contributed by atoms with van der Waals surface area (Å²) in [6.07, 6.45) is 11.7. The molecule has 0 unspecified atom stereocenters. The number of aromatic amines is 1. The highest BCUT2D eigenvalue weighted by Gasteiger charge is 2.39. The Balaban J connectivity index is 0.901. The van der Waals surface area contributed by atoms with Crippen LogP contribution in [-0.2, 0) is 9.59 Å². The van der Waals surface area contributed by atoms with E-state index in [1.165, 1.54) is 0 Å². The average molecular weight is 748 g/mol. The smallest absolute Gasteiger partial charge is 0.245 e. The van der Waals surface area contributed by atoms with Crippen molar-refractivity contribution in [2.45, 2.75) is 56.3 Å². The quantitative estimate of drug-likeness (QED) is 0.155. The normalized spacial score (nSPS) is 19.4. The Bertz CT molecular complexity index is 2210. The van der Waals surface area contributed by atoms with Crippen LogP contribution in [0, 0.1) is 0 Å². The van der Waals surface area contributed by atoms with Gasteiger partial charge in [0.25, 0.3) is 0 Å². The molecule has 2 saturated heterocycles. The van der Waals surface area contributed by atoms with Gasteiger partial charge in [0.05, 0.1) is 47.8 Å². The monoisotopic (exact) mass is 747 g/mol. The molecule has 5 heterocycles. The molecular formula is C45H49N9O2. The number of hydrogen-bond acceptors (Lipinski definition) is 8. The number of amides is 2. The van der Waals surface area contributed by atoms with Gasteiger partial charge < -0.3 is 14.8 Å². The van der Waals surface area contributed by atoms with Crippen LogP contribution in [0.2, 0.25) is 0 Å². The molecule has 2 amide bonds. The number of likely N-dealkylation sites (N-methyl/N-ethyl adjacent to an activating group) is 2. The van der Waals surface area contributed by atoms with Crippen LogP contribution in [0.1, 0.15) is 72.9 Å². The van der Waals surface area contributed by atoms with Crippen LogP contribution in [-0.4, -0.2) is 104 Å². The number of hydrogen-bond donors (Lipinski definition) is 1. The second kappa shape index (κ2) is 16.1. The molecule has 0 spiro atoms. The maximum atomic E-state index is 13.9. The van der Waals surface area contributed by atoms with E-state index < -0.39 is 0 Å². The van der Waals surface area contributed by atoms with Crippen LogP contribution in [0.5, 0.6) is 0 Å². The molecule has 0 bridgehead atoms. The first-order valence-electron chi connectivity index (χ1n) is 19.5. The molecule has 3 aliphatic heterocycles. The zero-order valence-corrected chi connectivity index (χ0v) is 32.5. The van der Waals surface area contributed by atoms with E-state index in [4.69, 9.17) is 19.9 Å². The van der Waals surface area contributed by atoms with Gasteiger partial charge in [-0.05, 0) is 70.6 Å². The molecule has 8 rings (SSSR count). The molecule has 286 valence electrons. The van der Waals surface area contributed by atoms with Gasteiger partial charge in [-0.1, -0.05) is 84.9 Å². The summed E-state index contributed by atoms with van der Waals surface area (Å²) in [6, 6.07) is 27.4. The largest absolute Gasteiger partial charge is 0.340 e. The predicted octanol–water partition coefficient (Wildman–Crippen LogP) is 6.98. The van der Waals surface area contributed by atoms with Crippen LogP contribution in [0.15, 0.2) is 115 Å². The van der Waals surface area contributed by atoms with Gasteiger partial charge in [-0.25, -0.2) is 4.98 Å². The molecule has 5 aromatic rings. The van der Waals surface area contributed by atoms with Crippen molar-refractivity contribution in [2.75, 3.05) is 41.3 Å². The van der Waals surface area contributed by atoms with E-state index in [1.54, 1.807) is 0 Å². The molecule has 0 saturated carbocycles. The Morgan fingerprint density at radius 2 is 1.20 bits per heavy atom. The summed E-state index contributed by atoms with van der Waals surface area (Å²) < 4.78 is 0. The molecule has 3 aliphatic rings. The van der Waals surface area contributed by atoms with Crippen LogP contribution in [0.4, 0.5) is 0 Å². The van der Waals surface area contributed by atoms with Gasteiger partial charge in [-0.2, -0.15) is 0 Å². The van der Waals surface area contributed by atoms with Crippen molar-refractivity contribution in [3.05, 3.63) is 132 Å². The molecule has 11 heteroatoms. The third-order valence-electron chi connectivity index (χ3n) is 11.3. The van der Waals surface area contributed by atoms with Crippen LogP contribution in [0.25, 0.3) is 28.1 Å². The van der Waals surface area contributed by atoms with E-state index in [-0.39, 0.29) is 36.0 Å². The Labute approximate surface area is 328 Å². The second-order valence-corrected chi connectivity index (χ2v) is 15.4. The van der Waals surface area contributed by atoms with Crippen molar-refractivity contribution in [3.63, 3.8) is 0 Å².